The second kappa shape index (κ2) is 5.72. The van der Waals surface area contributed by atoms with Crippen LogP contribution in [0, 0.1) is 0 Å². The van der Waals surface area contributed by atoms with Crippen molar-refractivity contribution in [2.45, 2.75) is 6.54 Å². The Bertz CT molecular complexity index is 492. The van der Waals surface area contributed by atoms with Crippen LogP contribution < -0.4 is 16.4 Å². The lowest BCUT2D eigenvalue weighted by atomic mass is 10.3. The number of imidazole rings is 1. The van der Waals surface area contributed by atoms with Gasteiger partial charge in [-0.15, -0.1) is 0 Å². The molecule has 2 rings (SSSR count). The second-order valence-corrected chi connectivity index (χ2v) is 3.80. The third kappa shape index (κ3) is 3.51. The lowest BCUT2D eigenvalue weighted by molar-refractivity contribution is 0.251. The van der Waals surface area contributed by atoms with Gasteiger partial charge in [-0.2, -0.15) is 0 Å². The summed E-state index contributed by atoms with van der Waals surface area (Å²) in [5, 5.41) is 5.47. The first kappa shape index (κ1) is 12.0. The summed E-state index contributed by atoms with van der Waals surface area (Å²) >= 11 is 0. The van der Waals surface area contributed by atoms with E-state index in [1.165, 1.54) is 0 Å². The number of anilines is 2. The molecule has 0 aliphatic heterocycles. The van der Waals surface area contributed by atoms with E-state index >= 15 is 0 Å². The van der Waals surface area contributed by atoms with Gasteiger partial charge in [-0.25, -0.2) is 9.78 Å². The van der Waals surface area contributed by atoms with Crippen LogP contribution >= 0.6 is 0 Å². The van der Waals surface area contributed by atoms with Crippen LogP contribution in [0.15, 0.2) is 43.0 Å². The molecular weight excluding hydrogens is 230 g/mol. The van der Waals surface area contributed by atoms with E-state index in [-0.39, 0.29) is 6.03 Å². The van der Waals surface area contributed by atoms with Crippen LogP contribution in [0.4, 0.5) is 16.2 Å². The van der Waals surface area contributed by atoms with Gasteiger partial charge in [-0.05, 0) is 24.3 Å². The van der Waals surface area contributed by atoms with E-state index in [1.807, 2.05) is 10.8 Å². The monoisotopic (exact) mass is 245 g/mol. The molecule has 4 N–H and O–H groups in total. The lowest BCUT2D eigenvalue weighted by Gasteiger charge is -2.08. The molecule has 0 atom stereocenters. The quantitative estimate of drug-likeness (QED) is 0.709. The van der Waals surface area contributed by atoms with Crippen molar-refractivity contribution >= 4 is 17.4 Å². The average molecular weight is 245 g/mol. The number of aromatic nitrogens is 2. The highest BCUT2D eigenvalue weighted by atomic mass is 16.2. The highest BCUT2D eigenvalue weighted by Crippen LogP contribution is 2.09. The molecule has 2 aromatic rings. The first-order chi connectivity index (χ1) is 8.74. The molecule has 6 heteroatoms. The molecule has 0 radical (unpaired) electrons. The third-order valence-corrected chi connectivity index (χ3v) is 2.38. The molecule has 0 spiro atoms. The zero-order valence-corrected chi connectivity index (χ0v) is 9.84. The van der Waals surface area contributed by atoms with Gasteiger partial charge < -0.3 is 20.9 Å². The summed E-state index contributed by atoms with van der Waals surface area (Å²) in [6, 6.07) is 6.75. The van der Waals surface area contributed by atoms with E-state index in [4.69, 9.17) is 5.73 Å². The number of urea groups is 1. The Kier molecular flexibility index (Phi) is 3.80. The van der Waals surface area contributed by atoms with E-state index in [1.54, 1.807) is 36.8 Å². The lowest BCUT2D eigenvalue weighted by Crippen LogP contribution is -2.31. The van der Waals surface area contributed by atoms with Crippen molar-refractivity contribution in [2.75, 3.05) is 17.6 Å². The molecule has 1 aromatic heterocycles. The van der Waals surface area contributed by atoms with Crippen LogP contribution in [0.3, 0.4) is 0 Å². The fourth-order valence-electron chi connectivity index (χ4n) is 1.46. The van der Waals surface area contributed by atoms with Crippen molar-refractivity contribution in [2.24, 2.45) is 0 Å². The topological polar surface area (TPSA) is 85.0 Å². The molecule has 0 unspecified atom stereocenters. The minimum Gasteiger partial charge on any atom is -0.399 e. The summed E-state index contributed by atoms with van der Waals surface area (Å²) in [4.78, 5) is 15.5. The fourth-order valence-corrected chi connectivity index (χ4v) is 1.46. The van der Waals surface area contributed by atoms with Gasteiger partial charge in [0, 0.05) is 36.9 Å². The third-order valence-electron chi connectivity index (χ3n) is 2.38. The SMILES string of the molecule is Nc1ccc(NC(=O)NCCn2ccnc2)cc1. The van der Waals surface area contributed by atoms with E-state index in [0.717, 1.165) is 0 Å². The maximum Gasteiger partial charge on any atom is 0.319 e. The van der Waals surface area contributed by atoms with Gasteiger partial charge in [0.05, 0.1) is 6.33 Å². The van der Waals surface area contributed by atoms with Crippen molar-refractivity contribution in [1.82, 2.24) is 14.9 Å². The van der Waals surface area contributed by atoms with Crippen LogP contribution in [0.5, 0.6) is 0 Å². The molecule has 0 saturated heterocycles. The number of benzene rings is 1. The molecule has 0 aliphatic carbocycles. The van der Waals surface area contributed by atoms with Gasteiger partial charge in [0.2, 0.25) is 0 Å². The van der Waals surface area contributed by atoms with Crippen LogP contribution in [-0.2, 0) is 6.54 Å². The smallest absolute Gasteiger partial charge is 0.319 e. The fraction of sp³-hybridized carbons (Fsp3) is 0.167. The number of carbonyl (C=O) groups is 1. The summed E-state index contributed by atoms with van der Waals surface area (Å²) in [5.41, 5.74) is 6.93. The number of nitrogens with one attached hydrogen (secondary N) is 2. The number of carbonyl (C=O) groups excluding carboxylic acids is 1. The van der Waals surface area contributed by atoms with Gasteiger partial charge in [0.15, 0.2) is 0 Å². The Balaban J connectivity index is 1.73. The second-order valence-electron chi connectivity index (χ2n) is 3.80. The molecule has 1 aromatic carbocycles. The number of hydrogen-bond donors (Lipinski definition) is 3. The van der Waals surface area contributed by atoms with Crippen LogP contribution in [0.1, 0.15) is 0 Å². The highest BCUT2D eigenvalue weighted by molar-refractivity contribution is 5.89. The Hall–Kier alpha value is -2.50. The van der Waals surface area contributed by atoms with Crippen LogP contribution in [0.2, 0.25) is 0 Å². The van der Waals surface area contributed by atoms with Crippen molar-refractivity contribution < 1.29 is 4.79 Å². The zero-order valence-electron chi connectivity index (χ0n) is 9.84. The summed E-state index contributed by atoms with van der Waals surface area (Å²) in [7, 11) is 0. The number of nitrogen functional groups attached to an aromatic ring is 1. The summed E-state index contributed by atoms with van der Waals surface area (Å²) in [5.74, 6) is 0. The molecule has 0 fully saturated rings. The molecule has 2 amide bonds. The Morgan fingerprint density at radius 2 is 2.11 bits per heavy atom. The predicted molar refractivity (Wildman–Crippen MR) is 70.1 cm³/mol. The van der Waals surface area contributed by atoms with Crippen LogP contribution in [0.25, 0.3) is 0 Å². The standard InChI is InChI=1S/C12H15N5O/c13-10-1-3-11(4-2-10)16-12(18)15-6-8-17-7-5-14-9-17/h1-5,7,9H,6,8,13H2,(H2,15,16,18). The van der Waals surface area contributed by atoms with Crippen molar-refractivity contribution in [3.8, 4) is 0 Å². The Labute approximate surface area is 105 Å². The maximum absolute atomic E-state index is 11.5. The highest BCUT2D eigenvalue weighted by Gasteiger charge is 2.00. The molecule has 0 aliphatic rings. The van der Waals surface area contributed by atoms with Crippen molar-refractivity contribution in [3.05, 3.63) is 43.0 Å². The summed E-state index contributed by atoms with van der Waals surface area (Å²) < 4.78 is 1.89. The first-order valence-electron chi connectivity index (χ1n) is 5.60. The minimum absolute atomic E-state index is 0.236. The Morgan fingerprint density at radius 3 is 2.78 bits per heavy atom. The average Bonchev–Trinajstić information content (AvgIpc) is 2.85. The summed E-state index contributed by atoms with van der Waals surface area (Å²) in [6.07, 6.45) is 5.26. The van der Waals surface area contributed by atoms with Crippen LogP contribution in [-0.4, -0.2) is 22.1 Å². The molecule has 0 saturated carbocycles. The van der Waals surface area contributed by atoms with E-state index in [2.05, 4.69) is 15.6 Å². The van der Waals surface area contributed by atoms with E-state index < -0.39 is 0 Å². The normalized spacial score (nSPS) is 10.0. The van der Waals surface area contributed by atoms with E-state index in [0.29, 0.717) is 24.5 Å². The van der Waals surface area contributed by atoms with Gasteiger partial charge in [0.1, 0.15) is 0 Å². The number of nitrogens with two attached hydrogens (primary N) is 1. The van der Waals surface area contributed by atoms with Gasteiger partial charge in [0.25, 0.3) is 0 Å². The first-order valence-corrected chi connectivity index (χ1v) is 5.60. The Morgan fingerprint density at radius 1 is 1.33 bits per heavy atom. The molecule has 1 heterocycles. The van der Waals surface area contributed by atoms with Crippen molar-refractivity contribution in [1.29, 1.82) is 0 Å². The van der Waals surface area contributed by atoms with E-state index in [9.17, 15) is 4.79 Å². The number of hydrogen-bond acceptors (Lipinski definition) is 3. The van der Waals surface area contributed by atoms with Crippen molar-refractivity contribution in [3.63, 3.8) is 0 Å². The molecule has 6 nitrogen and oxygen atoms in total. The number of rotatable bonds is 4. The number of amides is 2. The molecule has 0 bridgehead atoms. The minimum atomic E-state index is -0.236. The molecule has 18 heavy (non-hydrogen) atoms. The van der Waals surface area contributed by atoms with Gasteiger partial charge >= 0.3 is 6.03 Å². The van der Waals surface area contributed by atoms with Gasteiger partial charge in [-0.3, -0.25) is 0 Å². The van der Waals surface area contributed by atoms with Gasteiger partial charge in [-0.1, -0.05) is 0 Å². The summed E-state index contributed by atoms with van der Waals surface area (Å²) in [6.45, 7) is 1.23. The predicted octanol–water partition coefficient (Wildman–Crippen LogP) is 1.29. The molecular formula is C12H15N5O. The largest absolute Gasteiger partial charge is 0.399 e. The zero-order chi connectivity index (χ0) is 12.8. The maximum atomic E-state index is 11.5. The molecule has 94 valence electrons. The number of nitrogens with zero attached hydrogens (tertiary/aromatic N) is 2.